The van der Waals surface area contributed by atoms with E-state index in [1.165, 1.54) is 5.41 Å². The van der Waals surface area contributed by atoms with Crippen molar-refractivity contribution in [1.82, 2.24) is 5.32 Å². The highest BCUT2D eigenvalue weighted by molar-refractivity contribution is 7.94. The number of benzene rings is 4. The predicted molar refractivity (Wildman–Crippen MR) is 150 cm³/mol. The number of hydrogen-bond acceptors (Lipinski definition) is 4. The Bertz CT molecular complexity index is 1380. The average molecular weight is 516 g/mol. The molecule has 0 spiro atoms. The Morgan fingerprint density at radius 3 is 1.67 bits per heavy atom. The molecule has 4 nitrogen and oxygen atoms in total. The van der Waals surface area contributed by atoms with Gasteiger partial charge in [-0.2, -0.15) is 0 Å². The Morgan fingerprint density at radius 1 is 0.667 bits per heavy atom. The summed E-state index contributed by atoms with van der Waals surface area (Å²) >= 11 is 0. The van der Waals surface area contributed by atoms with E-state index in [4.69, 9.17) is 0 Å². The van der Waals surface area contributed by atoms with E-state index in [1.54, 1.807) is 30.3 Å². The highest BCUT2D eigenvalue weighted by Gasteiger charge is 2.26. The van der Waals surface area contributed by atoms with Gasteiger partial charge >= 0.3 is 0 Å². The molecule has 0 atom stereocenters. The van der Waals surface area contributed by atoms with Gasteiger partial charge in [-0.05, 0) is 30.5 Å². The Morgan fingerprint density at radius 2 is 1.14 bits per heavy atom. The summed E-state index contributed by atoms with van der Waals surface area (Å²) in [6.45, 7) is 0.564. The molecule has 0 aliphatic carbocycles. The standard InChI is InChI=1S/C30H30NO3PS/c32-35(27-17-7-2-8-18-27,28-19-9-3-10-20-28)24-14-13-23-31-30(26-15-5-1-6-16-26)25-36(33,34)29-21-11-4-12-22-29/h1-12,15-22,25,31H,13-14,23-24H2/b30-25+. The quantitative estimate of drug-likeness (QED) is 0.201. The van der Waals surface area contributed by atoms with Crippen molar-refractivity contribution < 1.29 is 13.0 Å². The van der Waals surface area contributed by atoms with Crippen LogP contribution in [0.15, 0.2) is 132 Å². The lowest BCUT2D eigenvalue weighted by Gasteiger charge is -2.19. The maximum atomic E-state index is 14.2. The van der Waals surface area contributed by atoms with Crippen LogP contribution in [0.4, 0.5) is 0 Å². The third-order valence-corrected chi connectivity index (χ3v) is 10.7. The lowest BCUT2D eigenvalue weighted by atomic mass is 10.2. The van der Waals surface area contributed by atoms with E-state index in [-0.39, 0.29) is 4.90 Å². The van der Waals surface area contributed by atoms with Gasteiger partial charge in [-0.25, -0.2) is 8.42 Å². The Balaban J connectivity index is 1.47. The van der Waals surface area contributed by atoms with E-state index >= 15 is 0 Å². The summed E-state index contributed by atoms with van der Waals surface area (Å²) in [6, 6.07) is 37.2. The first-order valence-electron chi connectivity index (χ1n) is 12.0. The summed E-state index contributed by atoms with van der Waals surface area (Å²) in [6.07, 6.45) is 2.04. The highest BCUT2D eigenvalue weighted by atomic mass is 32.2. The van der Waals surface area contributed by atoms with Crippen molar-refractivity contribution in [2.75, 3.05) is 12.7 Å². The molecule has 36 heavy (non-hydrogen) atoms. The minimum atomic E-state index is -3.61. The zero-order valence-corrected chi connectivity index (χ0v) is 21.7. The minimum Gasteiger partial charge on any atom is -0.384 e. The zero-order chi connectivity index (χ0) is 25.3. The van der Waals surface area contributed by atoms with Crippen molar-refractivity contribution >= 4 is 33.3 Å². The summed E-state index contributed by atoms with van der Waals surface area (Å²) in [4.78, 5) is 0.256. The summed E-state index contributed by atoms with van der Waals surface area (Å²) in [7, 11) is -6.37. The van der Waals surface area contributed by atoms with E-state index in [9.17, 15) is 13.0 Å². The molecule has 6 heteroatoms. The van der Waals surface area contributed by atoms with Crippen molar-refractivity contribution in [2.24, 2.45) is 0 Å². The summed E-state index contributed by atoms with van der Waals surface area (Å²) in [5, 5.41) is 6.35. The van der Waals surface area contributed by atoms with Gasteiger partial charge in [0.05, 0.1) is 16.0 Å². The second-order valence-corrected chi connectivity index (χ2v) is 13.3. The lowest BCUT2D eigenvalue weighted by Crippen LogP contribution is -2.20. The lowest BCUT2D eigenvalue weighted by molar-refractivity contribution is 0.584. The normalized spacial score (nSPS) is 12.3. The SMILES string of the molecule is O=P(CCCCN/C(=C/S(=O)(=O)c1ccccc1)c1ccccc1)(c1ccccc1)c1ccccc1. The van der Waals surface area contributed by atoms with E-state index in [1.807, 2.05) is 91.0 Å². The number of rotatable bonds is 11. The molecule has 0 radical (unpaired) electrons. The second kappa shape index (κ2) is 12.0. The van der Waals surface area contributed by atoms with Crippen LogP contribution >= 0.6 is 7.14 Å². The average Bonchev–Trinajstić information content (AvgIpc) is 2.94. The summed E-state index contributed by atoms with van der Waals surface area (Å²) in [5.74, 6) is 0. The Hall–Kier alpha value is -3.40. The predicted octanol–water partition coefficient (Wildman–Crippen LogP) is 5.84. The van der Waals surface area contributed by atoms with Crippen LogP contribution in [0.25, 0.3) is 5.70 Å². The van der Waals surface area contributed by atoms with Crippen LogP contribution in [0, 0.1) is 0 Å². The summed E-state index contributed by atoms with van der Waals surface area (Å²) < 4.78 is 40.2. The molecular formula is C30H30NO3PS. The first-order valence-corrected chi connectivity index (χ1v) is 15.4. The van der Waals surface area contributed by atoms with Crippen molar-refractivity contribution in [3.8, 4) is 0 Å². The van der Waals surface area contributed by atoms with Gasteiger partial charge in [-0.1, -0.05) is 109 Å². The number of hydrogen-bond donors (Lipinski definition) is 1. The molecule has 0 saturated carbocycles. The van der Waals surface area contributed by atoms with Gasteiger partial charge < -0.3 is 9.88 Å². The minimum absolute atomic E-state index is 0.256. The van der Waals surface area contributed by atoms with E-state index < -0.39 is 17.0 Å². The van der Waals surface area contributed by atoms with Crippen LogP contribution in [0.3, 0.4) is 0 Å². The van der Waals surface area contributed by atoms with E-state index in [0.29, 0.717) is 18.4 Å². The fraction of sp³-hybridized carbons (Fsp3) is 0.133. The van der Waals surface area contributed by atoms with E-state index in [2.05, 4.69) is 5.32 Å². The monoisotopic (exact) mass is 515 g/mol. The highest BCUT2D eigenvalue weighted by Crippen LogP contribution is 2.44. The van der Waals surface area contributed by atoms with Crippen LogP contribution in [-0.2, 0) is 14.4 Å². The molecule has 0 heterocycles. The smallest absolute Gasteiger partial charge is 0.201 e. The van der Waals surface area contributed by atoms with Gasteiger partial charge in [0, 0.05) is 23.3 Å². The largest absolute Gasteiger partial charge is 0.384 e. The second-order valence-electron chi connectivity index (χ2n) is 8.52. The zero-order valence-electron chi connectivity index (χ0n) is 20.0. The molecule has 0 unspecified atom stereocenters. The van der Waals surface area contributed by atoms with Gasteiger partial charge in [0.15, 0.2) is 0 Å². The molecule has 0 saturated heterocycles. The summed E-state index contributed by atoms with van der Waals surface area (Å²) in [5.41, 5.74) is 1.35. The van der Waals surface area contributed by atoms with Crippen LogP contribution in [0.2, 0.25) is 0 Å². The first kappa shape index (κ1) is 25.7. The van der Waals surface area contributed by atoms with Gasteiger partial charge in [0.1, 0.15) is 7.14 Å². The fourth-order valence-corrected chi connectivity index (χ4v) is 8.08. The van der Waals surface area contributed by atoms with Gasteiger partial charge in [-0.3, -0.25) is 0 Å². The molecule has 4 aromatic carbocycles. The molecule has 0 fully saturated rings. The first-order chi connectivity index (χ1) is 17.5. The molecule has 0 aromatic heterocycles. The fourth-order valence-electron chi connectivity index (χ4n) is 4.09. The van der Waals surface area contributed by atoms with Crippen LogP contribution in [-0.4, -0.2) is 21.1 Å². The maximum Gasteiger partial charge on any atom is 0.201 e. The number of sulfone groups is 1. The third-order valence-electron chi connectivity index (χ3n) is 5.99. The Kier molecular flexibility index (Phi) is 8.58. The van der Waals surface area contributed by atoms with E-state index in [0.717, 1.165) is 29.0 Å². The molecule has 4 rings (SSSR count). The molecule has 0 bridgehead atoms. The Labute approximate surface area is 214 Å². The van der Waals surface area contributed by atoms with Gasteiger partial charge in [0.2, 0.25) is 9.84 Å². The molecule has 0 amide bonds. The molecule has 184 valence electrons. The molecule has 0 aliphatic heterocycles. The maximum absolute atomic E-state index is 14.2. The molecule has 1 N–H and O–H groups in total. The van der Waals surface area contributed by atoms with Crippen molar-refractivity contribution in [3.63, 3.8) is 0 Å². The molecule has 4 aromatic rings. The van der Waals surface area contributed by atoms with Gasteiger partial charge in [0.25, 0.3) is 0 Å². The van der Waals surface area contributed by atoms with Crippen molar-refractivity contribution in [2.45, 2.75) is 17.7 Å². The van der Waals surface area contributed by atoms with Crippen LogP contribution in [0.5, 0.6) is 0 Å². The molecule has 0 aliphatic rings. The third kappa shape index (κ3) is 6.42. The van der Waals surface area contributed by atoms with Crippen LogP contribution < -0.4 is 15.9 Å². The number of nitrogens with one attached hydrogen (secondary N) is 1. The van der Waals surface area contributed by atoms with Crippen molar-refractivity contribution in [3.05, 3.63) is 132 Å². The van der Waals surface area contributed by atoms with Gasteiger partial charge in [-0.15, -0.1) is 0 Å². The van der Waals surface area contributed by atoms with Crippen molar-refractivity contribution in [1.29, 1.82) is 0 Å². The number of unbranched alkanes of at least 4 members (excludes halogenated alkanes) is 1. The topological polar surface area (TPSA) is 63.2 Å². The van der Waals surface area contributed by atoms with Crippen LogP contribution in [0.1, 0.15) is 18.4 Å². The molecular weight excluding hydrogens is 485 g/mol.